The average Bonchev–Trinajstić information content (AvgIpc) is 3.47. The molecular formula is C28H28ClF3N4O2S. The molecule has 0 unspecified atom stereocenters. The summed E-state index contributed by atoms with van der Waals surface area (Å²) in [6, 6.07) is 14.5. The summed E-state index contributed by atoms with van der Waals surface area (Å²) in [5.41, 5.74) is 3.87. The maximum absolute atomic E-state index is 13.3. The average molecular weight is 577 g/mol. The van der Waals surface area contributed by atoms with Crippen molar-refractivity contribution in [1.29, 1.82) is 0 Å². The van der Waals surface area contributed by atoms with Crippen LogP contribution in [0.5, 0.6) is 0 Å². The second-order valence-corrected chi connectivity index (χ2v) is 11.1. The normalized spacial score (nSPS) is 16.2. The van der Waals surface area contributed by atoms with Crippen LogP contribution in [-0.4, -0.2) is 67.1 Å². The molecule has 1 fully saturated rings. The van der Waals surface area contributed by atoms with Crippen molar-refractivity contribution in [3.05, 3.63) is 80.5 Å². The van der Waals surface area contributed by atoms with E-state index in [1.807, 2.05) is 39.4 Å². The maximum Gasteiger partial charge on any atom is 0.390 e. The predicted octanol–water partition coefficient (Wildman–Crippen LogP) is 5.93. The summed E-state index contributed by atoms with van der Waals surface area (Å²) in [6.45, 7) is 3.07. The molecular weight excluding hydrogens is 549 g/mol. The number of alkyl halides is 3. The molecule has 3 aromatic rings. The lowest BCUT2D eigenvalue weighted by Gasteiger charge is -2.37. The van der Waals surface area contributed by atoms with Gasteiger partial charge in [-0.25, -0.2) is 0 Å². The summed E-state index contributed by atoms with van der Waals surface area (Å²) in [7, 11) is 0. The zero-order valence-corrected chi connectivity index (χ0v) is 22.7. The lowest BCUT2D eigenvalue weighted by Crippen LogP contribution is -2.47. The predicted molar refractivity (Wildman–Crippen MR) is 148 cm³/mol. The molecule has 0 bridgehead atoms. The van der Waals surface area contributed by atoms with E-state index >= 15 is 0 Å². The molecule has 2 aliphatic heterocycles. The fraction of sp³-hybridized carbons (Fsp3) is 0.357. The summed E-state index contributed by atoms with van der Waals surface area (Å²) in [6.07, 6.45) is -4.27. The zero-order valence-electron chi connectivity index (χ0n) is 21.1. The van der Waals surface area contributed by atoms with Gasteiger partial charge in [-0.3, -0.25) is 14.5 Å². The highest BCUT2D eigenvalue weighted by Gasteiger charge is 2.29. The monoisotopic (exact) mass is 576 g/mol. The Bertz CT molecular complexity index is 1340. The highest BCUT2D eigenvalue weighted by Crippen LogP contribution is 2.31. The van der Waals surface area contributed by atoms with Gasteiger partial charge in [-0.15, -0.1) is 11.3 Å². The lowest BCUT2D eigenvalue weighted by atomic mass is 9.97. The highest BCUT2D eigenvalue weighted by atomic mass is 35.5. The van der Waals surface area contributed by atoms with Crippen LogP contribution in [0.25, 0.3) is 0 Å². The quantitative estimate of drug-likeness (QED) is 0.395. The number of thiophene rings is 1. The summed E-state index contributed by atoms with van der Waals surface area (Å²) in [4.78, 5) is 32.5. The van der Waals surface area contributed by atoms with Gasteiger partial charge in [-0.2, -0.15) is 13.2 Å². The van der Waals surface area contributed by atoms with Crippen molar-refractivity contribution in [2.24, 2.45) is 0 Å². The second kappa shape index (κ2) is 11.6. The number of nitrogens with one attached hydrogen (secondary N) is 1. The van der Waals surface area contributed by atoms with Gasteiger partial charge in [0.25, 0.3) is 11.8 Å². The van der Waals surface area contributed by atoms with E-state index in [-0.39, 0.29) is 18.4 Å². The van der Waals surface area contributed by atoms with Crippen LogP contribution in [0.4, 0.5) is 24.5 Å². The molecule has 0 atom stereocenters. The summed E-state index contributed by atoms with van der Waals surface area (Å²) >= 11 is 7.68. The lowest BCUT2D eigenvalue weighted by molar-refractivity contribution is -0.138. The van der Waals surface area contributed by atoms with E-state index in [2.05, 4.69) is 5.32 Å². The van der Waals surface area contributed by atoms with Gasteiger partial charge in [0, 0.05) is 56.4 Å². The fourth-order valence-electron chi connectivity index (χ4n) is 4.99. The Morgan fingerprint density at radius 1 is 0.974 bits per heavy atom. The summed E-state index contributed by atoms with van der Waals surface area (Å²) < 4.78 is 37.8. The van der Waals surface area contributed by atoms with Gasteiger partial charge in [0.15, 0.2) is 0 Å². The van der Waals surface area contributed by atoms with Crippen molar-refractivity contribution < 1.29 is 22.8 Å². The minimum atomic E-state index is -4.17. The van der Waals surface area contributed by atoms with Gasteiger partial charge in [0.2, 0.25) is 0 Å². The third-order valence-electron chi connectivity index (χ3n) is 7.13. The van der Waals surface area contributed by atoms with Crippen LogP contribution in [0, 0.1) is 0 Å². The molecule has 0 radical (unpaired) electrons. The summed E-state index contributed by atoms with van der Waals surface area (Å²) in [5.74, 6) is -0.290. The van der Waals surface area contributed by atoms with Crippen LogP contribution in [0.1, 0.15) is 37.6 Å². The fourth-order valence-corrected chi connectivity index (χ4v) is 5.85. The number of carbonyl (C=O) groups excluding carboxylic acids is 2. The van der Waals surface area contributed by atoms with Crippen molar-refractivity contribution in [3.63, 3.8) is 0 Å². The van der Waals surface area contributed by atoms with Crippen LogP contribution in [0.2, 0.25) is 5.02 Å². The van der Waals surface area contributed by atoms with Crippen LogP contribution in [0.15, 0.2) is 53.9 Å². The number of fused-ring (bicyclic) bond motifs is 1. The summed E-state index contributed by atoms with van der Waals surface area (Å²) in [5, 5.41) is 5.38. The Morgan fingerprint density at radius 2 is 1.77 bits per heavy atom. The first-order valence-corrected chi connectivity index (χ1v) is 14.0. The van der Waals surface area contributed by atoms with E-state index in [1.54, 1.807) is 29.2 Å². The minimum absolute atomic E-state index is 0.00480. The van der Waals surface area contributed by atoms with Gasteiger partial charge in [-0.1, -0.05) is 23.7 Å². The zero-order chi connectivity index (χ0) is 27.6. The standard InChI is InChI=1S/C28H28ClF3N4O2S/c29-22-5-6-23(24(17-22)35-13-11-34(12-14-35)10-8-28(30,31)32)33-26(37)20-4-3-19-7-9-36(18-21(19)16-20)27(38)25-2-1-15-39-25/h1-6,15-17H,7-14,18H2,(H,33,37). The molecule has 1 saturated heterocycles. The van der Waals surface area contributed by atoms with Crippen molar-refractivity contribution in [1.82, 2.24) is 9.80 Å². The van der Waals surface area contributed by atoms with Crippen LogP contribution in [-0.2, 0) is 13.0 Å². The number of halogens is 4. The molecule has 0 saturated carbocycles. The van der Waals surface area contributed by atoms with Gasteiger partial charge in [-0.05, 0) is 59.3 Å². The highest BCUT2D eigenvalue weighted by molar-refractivity contribution is 7.12. The molecule has 1 aromatic heterocycles. The minimum Gasteiger partial charge on any atom is -0.367 e. The molecule has 3 heterocycles. The first-order valence-electron chi connectivity index (χ1n) is 12.8. The number of carbonyl (C=O) groups is 2. The molecule has 2 amide bonds. The van der Waals surface area contributed by atoms with E-state index in [9.17, 15) is 22.8 Å². The molecule has 11 heteroatoms. The van der Waals surface area contributed by atoms with E-state index < -0.39 is 12.6 Å². The van der Waals surface area contributed by atoms with E-state index in [0.29, 0.717) is 60.4 Å². The van der Waals surface area contributed by atoms with Crippen molar-refractivity contribution >= 4 is 46.1 Å². The maximum atomic E-state index is 13.3. The number of hydrogen-bond acceptors (Lipinski definition) is 5. The van der Waals surface area contributed by atoms with Crippen LogP contribution in [0.3, 0.4) is 0 Å². The smallest absolute Gasteiger partial charge is 0.367 e. The number of piperazine rings is 1. The Morgan fingerprint density at radius 3 is 2.49 bits per heavy atom. The van der Waals surface area contributed by atoms with Gasteiger partial charge in [0.05, 0.1) is 22.7 Å². The van der Waals surface area contributed by atoms with Crippen molar-refractivity contribution in [3.8, 4) is 0 Å². The molecule has 6 nitrogen and oxygen atoms in total. The topological polar surface area (TPSA) is 55.9 Å². The molecule has 0 spiro atoms. The Labute approximate surface area is 234 Å². The van der Waals surface area contributed by atoms with Gasteiger partial charge < -0.3 is 15.1 Å². The van der Waals surface area contributed by atoms with Crippen molar-refractivity contribution in [2.45, 2.75) is 25.6 Å². The number of benzene rings is 2. The number of amides is 2. The Hall–Kier alpha value is -3.08. The number of hydrogen-bond donors (Lipinski definition) is 1. The van der Waals surface area contributed by atoms with E-state index in [0.717, 1.165) is 23.2 Å². The molecule has 0 aliphatic carbocycles. The largest absolute Gasteiger partial charge is 0.390 e. The van der Waals surface area contributed by atoms with Crippen LogP contribution >= 0.6 is 22.9 Å². The van der Waals surface area contributed by atoms with Crippen LogP contribution < -0.4 is 10.2 Å². The van der Waals surface area contributed by atoms with E-state index in [1.165, 1.54) is 11.3 Å². The first kappa shape index (κ1) is 27.5. The Balaban J connectivity index is 1.26. The molecule has 2 aliphatic rings. The first-order chi connectivity index (χ1) is 18.7. The van der Waals surface area contributed by atoms with Crippen molar-refractivity contribution in [2.75, 3.05) is 49.5 Å². The molecule has 2 aromatic carbocycles. The molecule has 39 heavy (non-hydrogen) atoms. The third-order valence-corrected chi connectivity index (χ3v) is 8.23. The molecule has 5 rings (SSSR count). The van der Waals surface area contributed by atoms with Gasteiger partial charge >= 0.3 is 6.18 Å². The second-order valence-electron chi connectivity index (χ2n) is 9.75. The number of anilines is 2. The van der Waals surface area contributed by atoms with E-state index in [4.69, 9.17) is 11.6 Å². The van der Waals surface area contributed by atoms with Gasteiger partial charge in [0.1, 0.15) is 0 Å². The molecule has 206 valence electrons. The third kappa shape index (κ3) is 6.74. The SMILES string of the molecule is O=C(Nc1ccc(Cl)cc1N1CCN(CCC(F)(F)F)CC1)c1ccc2c(c1)CN(C(=O)c1cccs1)CC2. The molecule has 1 N–H and O–H groups in total. The Kier molecular flexibility index (Phi) is 8.16. The number of rotatable bonds is 6. The number of nitrogens with zero attached hydrogens (tertiary/aromatic N) is 3.